The van der Waals surface area contributed by atoms with Gasteiger partial charge in [-0.15, -0.1) is 0 Å². The molecule has 3 aromatic carbocycles. The summed E-state index contributed by atoms with van der Waals surface area (Å²) in [6.07, 6.45) is 1.24. The molecule has 30 heavy (non-hydrogen) atoms. The molecule has 1 aliphatic rings. The van der Waals surface area contributed by atoms with Gasteiger partial charge in [-0.25, -0.2) is 4.79 Å². The molecule has 0 radical (unpaired) electrons. The maximum Gasteiger partial charge on any atom is 0.319 e. The van der Waals surface area contributed by atoms with E-state index in [4.69, 9.17) is 0 Å². The molecule has 4 rings (SSSR count). The minimum atomic E-state index is -0.675. The molecule has 0 aromatic heterocycles. The standard InChI is InChI=1S/C24H22BrN3O2/c25-19-10-6-11-20(16-19)26-24(30)27-21(15-17-7-2-1-3-8-17)23(29)28-14-13-18-9-4-5-12-22(18)28/h1-12,16,21H,13-15H2,(H2,26,27,30). The fourth-order valence-corrected chi connectivity index (χ4v) is 4.10. The number of hydrogen-bond donors (Lipinski definition) is 2. The summed E-state index contributed by atoms with van der Waals surface area (Å²) in [4.78, 5) is 27.9. The zero-order valence-corrected chi connectivity index (χ0v) is 17.9. The summed E-state index contributed by atoms with van der Waals surface area (Å²) < 4.78 is 0.867. The van der Waals surface area contributed by atoms with Gasteiger partial charge in [-0.2, -0.15) is 0 Å². The molecular formula is C24H22BrN3O2. The molecule has 1 aliphatic heterocycles. The average molecular weight is 464 g/mol. The molecule has 3 aromatic rings. The highest BCUT2D eigenvalue weighted by Crippen LogP contribution is 2.28. The molecule has 0 saturated carbocycles. The van der Waals surface area contributed by atoms with Gasteiger partial charge in [-0.1, -0.05) is 70.5 Å². The lowest BCUT2D eigenvalue weighted by Gasteiger charge is -2.25. The maximum atomic E-state index is 13.4. The van der Waals surface area contributed by atoms with Crippen LogP contribution in [0.25, 0.3) is 0 Å². The minimum Gasteiger partial charge on any atom is -0.326 e. The van der Waals surface area contributed by atoms with Crippen LogP contribution < -0.4 is 15.5 Å². The van der Waals surface area contributed by atoms with Gasteiger partial charge in [0.25, 0.3) is 0 Å². The molecule has 1 heterocycles. The summed E-state index contributed by atoms with van der Waals surface area (Å²) in [6, 6.07) is 23.9. The second-order valence-electron chi connectivity index (χ2n) is 7.22. The van der Waals surface area contributed by atoms with Crippen LogP contribution in [0, 0.1) is 0 Å². The number of anilines is 2. The van der Waals surface area contributed by atoms with Crippen LogP contribution in [0.15, 0.2) is 83.3 Å². The Balaban J connectivity index is 1.53. The smallest absolute Gasteiger partial charge is 0.319 e. The van der Waals surface area contributed by atoms with Gasteiger partial charge in [0.2, 0.25) is 5.91 Å². The molecule has 5 nitrogen and oxygen atoms in total. The number of carbonyl (C=O) groups is 2. The summed E-state index contributed by atoms with van der Waals surface area (Å²) in [7, 11) is 0. The summed E-state index contributed by atoms with van der Waals surface area (Å²) in [5.74, 6) is -0.104. The minimum absolute atomic E-state index is 0.104. The lowest BCUT2D eigenvalue weighted by molar-refractivity contribution is -0.120. The molecule has 3 amide bonds. The number of rotatable bonds is 5. The zero-order chi connectivity index (χ0) is 20.9. The van der Waals surface area contributed by atoms with Crippen LogP contribution in [0.5, 0.6) is 0 Å². The molecule has 152 valence electrons. The topological polar surface area (TPSA) is 61.4 Å². The van der Waals surface area contributed by atoms with Crippen molar-refractivity contribution in [1.82, 2.24) is 5.32 Å². The first kappa shape index (κ1) is 20.2. The highest BCUT2D eigenvalue weighted by atomic mass is 79.9. The number of fused-ring (bicyclic) bond motifs is 1. The van der Waals surface area contributed by atoms with Crippen molar-refractivity contribution in [1.29, 1.82) is 0 Å². The Bertz CT molecular complexity index is 1060. The van der Waals surface area contributed by atoms with Gasteiger partial charge in [-0.3, -0.25) is 4.79 Å². The van der Waals surface area contributed by atoms with Crippen molar-refractivity contribution in [2.45, 2.75) is 18.9 Å². The summed E-state index contributed by atoms with van der Waals surface area (Å²) in [6.45, 7) is 0.623. The highest BCUT2D eigenvalue weighted by molar-refractivity contribution is 9.10. The van der Waals surface area contributed by atoms with Crippen LogP contribution in [0.4, 0.5) is 16.2 Å². The van der Waals surface area contributed by atoms with E-state index < -0.39 is 12.1 Å². The second-order valence-corrected chi connectivity index (χ2v) is 8.14. The van der Waals surface area contributed by atoms with Gasteiger partial charge in [0.15, 0.2) is 0 Å². The van der Waals surface area contributed by atoms with Crippen molar-refractivity contribution >= 4 is 39.2 Å². The average Bonchev–Trinajstić information content (AvgIpc) is 3.18. The van der Waals surface area contributed by atoms with Crippen molar-refractivity contribution < 1.29 is 9.59 Å². The number of para-hydroxylation sites is 1. The predicted octanol–water partition coefficient (Wildman–Crippen LogP) is 4.77. The molecule has 0 bridgehead atoms. The molecule has 1 unspecified atom stereocenters. The lowest BCUT2D eigenvalue weighted by atomic mass is 10.0. The molecule has 1 atom stereocenters. The van der Waals surface area contributed by atoms with Gasteiger partial charge < -0.3 is 15.5 Å². The third-order valence-electron chi connectivity index (χ3n) is 5.12. The van der Waals surface area contributed by atoms with E-state index in [2.05, 4.69) is 26.6 Å². The second kappa shape index (κ2) is 9.13. The first-order valence-corrected chi connectivity index (χ1v) is 10.7. The Morgan fingerprint density at radius 2 is 1.73 bits per heavy atom. The highest BCUT2D eigenvalue weighted by Gasteiger charge is 2.31. The van der Waals surface area contributed by atoms with Crippen molar-refractivity contribution in [2.75, 3.05) is 16.8 Å². The number of hydrogen-bond acceptors (Lipinski definition) is 2. The van der Waals surface area contributed by atoms with Crippen LogP contribution in [-0.2, 0) is 17.6 Å². The Hall–Kier alpha value is -3.12. The first-order valence-electron chi connectivity index (χ1n) is 9.86. The molecule has 2 N–H and O–H groups in total. The largest absolute Gasteiger partial charge is 0.326 e. The van der Waals surface area contributed by atoms with Gasteiger partial charge in [0.1, 0.15) is 6.04 Å². The predicted molar refractivity (Wildman–Crippen MR) is 123 cm³/mol. The van der Waals surface area contributed by atoms with Crippen LogP contribution >= 0.6 is 15.9 Å². The third kappa shape index (κ3) is 4.71. The third-order valence-corrected chi connectivity index (χ3v) is 5.61. The molecule has 0 aliphatic carbocycles. The summed E-state index contributed by atoms with van der Waals surface area (Å²) in [5, 5.41) is 5.70. The van der Waals surface area contributed by atoms with E-state index in [1.54, 1.807) is 11.0 Å². The normalized spacial score (nSPS) is 13.4. The maximum absolute atomic E-state index is 13.4. The Morgan fingerprint density at radius 3 is 2.53 bits per heavy atom. The molecule has 0 spiro atoms. The van der Waals surface area contributed by atoms with E-state index in [0.29, 0.717) is 18.7 Å². The number of nitrogens with zero attached hydrogens (tertiary/aromatic N) is 1. The van der Waals surface area contributed by atoms with Crippen LogP contribution in [0.3, 0.4) is 0 Å². The van der Waals surface area contributed by atoms with E-state index in [9.17, 15) is 9.59 Å². The van der Waals surface area contributed by atoms with Crippen LogP contribution in [0.1, 0.15) is 11.1 Å². The van der Waals surface area contributed by atoms with Crippen LogP contribution in [-0.4, -0.2) is 24.5 Å². The zero-order valence-electron chi connectivity index (χ0n) is 16.3. The molecule has 0 fully saturated rings. The number of carbonyl (C=O) groups excluding carboxylic acids is 2. The van der Waals surface area contributed by atoms with E-state index >= 15 is 0 Å². The van der Waals surface area contributed by atoms with Crippen LogP contribution in [0.2, 0.25) is 0 Å². The van der Waals surface area contributed by atoms with Crippen molar-refractivity contribution in [3.05, 3.63) is 94.5 Å². The van der Waals surface area contributed by atoms with Crippen molar-refractivity contribution in [3.63, 3.8) is 0 Å². The van der Waals surface area contributed by atoms with E-state index in [-0.39, 0.29) is 5.91 Å². The SMILES string of the molecule is O=C(Nc1cccc(Br)c1)NC(Cc1ccccc1)C(=O)N1CCc2ccccc21. The fraction of sp³-hybridized carbons (Fsp3) is 0.167. The lowest BCUT2D eigenvalue weighted by Crippen LogP contribution is -2.50. The summed E-state index contributed by atoms with van der Waals surface area (Å²) in [5.41, 5.74) is 3.73. The Labute approximate surface area is 184 Å². The quantitative estimate of drug-likeness (QED) is 0.572. The van der Waals surface area contributed by atoms with E-state index in [0.717, 1.165) is 27.7 Å². The van der Waals surface area contributed by atoms with Gasteiger partial charge >= 0.3 is 6.03 Å². The van der Waals surface area contributed by atoms with Gasteiger partial charge in [0.05, 0.1) is 0 Å². The fourth-order valence-electron chi connectivity index (χ4n) is 3.70. The van der Waals surface area contributed by atoms with E-state index in [1.807, 2.05) is 72.8 Å². The molecule has 6 heteroatoms. The Morgan fingerprint density at radius 1 is 0.967 bits per heavy atom. The number of urea groups is 1. The summed E-state index contributed by atoms with van der Waals surface area (Å²) >= 11 is 3.40. The van der Waals surface area contributed by atoms with Gasteiger partial charge in [0, 0.05) is 28.8 Å². The number of halogens is 1. The van der Waals surface area contributed by atoms with E-state index in [1.165, 1.54) is 0 Å². The monoisotopic (exact) mass is 463 g/mol. The Kier molecular flexibility index (Phi) is 6.14. The van der Waals surface area contributed by atoms with Gasteiger partial charge in [-0.05, 0) is 41.8 Å². The van der Waals surface area contributed by atoms with Crippen molar-refractivity contribution in [3.8, 4) is 0 Å². The number of amides is 3. The van der Waals surface area contributed by atoms with Crippen molar-refractivity contribution in [2.24, 2.45) is 0 Å². The first-order chi connectivity index (χ1) is 14.6. The molecule has 0 saturated heterocycles. The molecular weight excluding hydrogens is 442 g/mol. The number of nitrogens with one attached hydrogen (secondary N) is 2. The number of benzene rings is 3.